The Bertz CT molecular complexity index is 1460. The molecule has 0 saturated heterocycles. The predicted octanol–water partition coefficient (Wildman–Crippen LogP) is 4.91. The number of methoxy groups -OCH3 is 3. The van der Waals surface area contributed by atoms with E-state index in [0.717, 1.165) is 18.1 Å². The van der Waals surface area contributed by atoms with Gasteiger partial charge in [-0.3, -0.25) is 9.52 Å². The van der Waals surface area contributed by atoms with E-state index in [9.17, 15) is 18.0 Å². The zero-order chi connectivity index (χ0) is 28.7. The van der Waals surface area contributed by atoms with Gasteiger partial charge in [-0.15, -0.1) is 0 Å². The van der Waals surface area contributed by atoms with Crippen LogP contribution >= 0.6 is 11.6 Å². The van der Waals surface area contributed by atoms with E-state index in [-0.39, 0.29) is 38.4 Å². The minimum Gasteiger partial charge on any atom is -0.495 e. The highest BCUT2D eigenvalue weighted by Crippen LogP contribution is 2.38. The van der Waals surface area contributed by atoms with E-state index in [1.165, 1.54) is 52.5 Å². The van der Waals surface area contributed by atoms with Crippen molar-refractivity contribution in [1.82, 2.24) is 0 Å². The lowest BCUT2D eigenvalue weighted by atomic mass is 10.1. The van der Waals surface area contributed by atoms with Crippen LogP contribution in [0.4, 0.5) is 11.4 Å². The summed E-state index contributed by atoms with van der Waals surface area (Å²) < 4.78 is 50.0. The van der Waals surface area contributed by atoms with Crippen molar-refractivity contribution in [3.8, 4) is 17.2 Å². The molecule has 1 amide bonds. The van der Waals surface area contributed by atoms with Crippen LogP contribution in [0.3, 0.4) is 0 Å². The number of nitrogens with one attached hydrogen (secondary N) is 2. The molecule has 2 N–H and O–H groups in total. The topological polar surface area (TPSA) is 129 Å². The van der Waals surface area contributed by atoms with Gasteiger partial charge in [0, 0.05) is 11.8 Å². The number of aryl methyl sites for hydroxylation is 1. The van der Waals surface area contributed by atoms with Crippen molar-refractivity contribution in [2.75, 3.05) is 31.4 Å². The minimum absolute atomic E-state index is 0.0288. The average Bonchev–Trinajstić information content (AvgIpc) is 2.92. The van der Waals surface area contributed by atoms with Crippen LogP contribution in [0.25, 0.3) is 0 Å². The van der Waals surface area contributed by atoms with Gasteiger partial charge in [0.05, 0.1) is 37.6 Å². The van der Waals surface area contributed by atoms with Crippen LogP contribution in [0.1, 0.15) is 29.8 Å². The number of halogens is 1. The van der Waals surface area contributed by atoms with Gasteiger partial charge in [0.25, 0.3) is 15.9 Å². The largest absolute Gasteiger partial charge is 0.495 e. The molecule has 208 valence electrons. The molecule has 0 aromatic heterocycles. The number of carbonyl (C=O) groups is 2. The van der Waals surface area contributed by atoms with E-state index in [1.807, 2.05) is 19.1 Å². The first-order valence-electron chi connectivity index (χ1n) is 11.8. The first kappa shape index (κ1) is 29.6. The van der Waals surface area contributed by atoms with Gasteiger partial charge in [0.15, 0.2) is 6.10 Å². The molecule has 3 rings (SSSR count). The van der Waals surface area contributed by atoms with Crippen LogP contribution < -0.4 is 24.2 Å². The van der Waals surface area contributed by atoms with Crippen LogP contribution in [-0.4, -0.2) is 47.7 Å². The maximum atomic E-state index is 13.3. The van der Waals surface area contributed by atoms with Gasteiger partial charge in [-0.25, -0.2) is 13.2 Å². The number of anilines is 2. The summed E-state index contributed by atoms with van der Waals surface area (Å²) in [6.45, 7) is 3.43. The van der Waals surface area contributed by atoms with E-state index in [4.69, 9.17) is 30.5 Å². The average molecular weight is 577 g/mol. The number of esters is 1. The van der Waals surface area contributed by atoms with Gasteiger partial charge >= 0.3 is 5.97 Å². The summed E-state index contributed by atoms with van der Waals surface area (Å²) >= 11 is 6.16. The van der Waals surface area contributed by atoms with E-state index in [2.05, 4.69) is 10.0 Å². The van der Waals surface area contributed by atoms with E-state index in [1.54, 1.807) is 12.1 Å². The molecule has 1 atom stereocenters. The Labute approximate surface area is 232 Å². The van der Waals surface area contributed by atoms with Gasteiger partial charge in [-0.1, -0.05) is 30.7 Å². The highest BCUT2D eigenvalue weighted by molar-refractivity contribution is 7.92. The molecule has 0 unspecified atom stereocenters. The zero-order valence-corrected chi connectivity index (χ0v) is 23.6. The molecule has 0 aliphatic heterocycles. The molecule has 0 fully saturated rings. The SMILES string of the molecule is CCc1ccc(NC(=O)[C@H](C)OC(=O)c2ccc(OC)c(S(=O)(=O)Nc3cc(Cl)c(OC)cc3OC)c2)cc1. The third-order valence-corrected chi connectivity index (χ3v) is 7.37. The normalized spacial score (nSPS) is 11.7. The fourth-order valence-corrected chi connectivity index (χ4v) is 5.00. The molecule has 3 aromatic rings. The Kier molecular flexibility index (Phi) is 9.66. The van der Waals surface area contributed by atoms with Gasteiger partial charge in [0.1, 0.15) is 22.1 Å². The fraction of sp³-hybridized carbons (Fsp3) is 0.259. The predicted molar refractivity (Wildman–Crippen MR) is 148 cm³/mol. The van der Waals surface area contributed by atoms with Gasteiger partial charge in [0.2, 0.25) is 0 Å². The van der Waals surface area contributed by atoms with E-state index < -0.39 is 28.0 Å². The Balaban J connectivity index is 1.82. The van der Waals surface area contributed by atoms with Crippen molar-refractivity contribution < 1.29 is 37.0 Å². The van der Waals surface area contributed by atoms with Crippen molar-refractivity contribution in [3.63, 3.8) is 0 Å². The number of rotatable bonds is 11. The zero-order valence-electron chi connectivity index (χ0n) is 22.0. The first-order chi connectivity index (χ1) is 18.5. The highest BCUT2D eigenvalue weighted by atomic mass is 35.5. The van der Waals surface area contributed by atoms with Crippen molar-refractivity contribution in [1.29, 1.82) is 0 Å². The standard InChI is InChI=1S/C27H29ClN2O8S/c1-6-17-7-10-19(11-8-17)29-26(31)16(2)38-27(32)18-9-12-22(35-3)25(13-18)39(33,34)30-21-14-20(28)23(36-4)15-24(21)37-5/h7-16,30H,6H2,1-5H3,(H,29,31)/t16-/m0/s1. The molecule has 10 nitrogen and oxygen atoms in total. The molecule has 0 heterocycles. The lowest BCUT2D eigenvalue weighted by Gasteiger charge is -2.17. The Morgan fingerprint density at radius 1 is 0.897 bits per heavy atom. The smallest absolute Gasteiger partial charge is 0.338 e. The highest BCUT2D eigenvalue weighted by Gasteiger charge is 2.26. The first-order valence-corrected chi connectivity index (χ1v) is 13.6. The molecule has 0 aliphatic rings. The van der Waals surface area contributed by atoms with Crippen LogP contribution in [0.15, 0.2) is 59.5 Å². The number of carbonyl (C=O) groups excluding carboxylic acids is 2. The summed E-state index contributed by atoms with van der Waals surface area (Å²) in [4.78, 5) is 25.0. The lowest BCUT2D eigenvalue weighted by Crippen LogP contribution is -2.30. The number of ether oxygens (including phenoxy) is 4. The number of sulfonamides is 1. The van der Waals surface area contributed by atoms with Crippen molar-refractivity contribution >= 4 is 44.9 Å². The second-order valence-corrected chi connectivity index (χ2v) is 10.3. The van der Waals surface area contributed by atoms with Crippen LogP contribution in [0.2, 0.25) is 5.02 Å². The van der Waals surface area contributed by atoms with Gasteiger partial charge in [-0.2, -0.15) is 0 Å². The molecular weight excluding hydrogens is 548 g/mol. The number of amides is 1. The molecule has 0 spiro atoms. The molecule has 12 heteroatoms. The van der Waals surface area contributed by atoms with E-state index >= 15 is 0 Å². The van der Waals surface area contributed by atoms with Crippen molar-refractivity contribution in [2.24, 2.45) is 0 Å². The summed E-state index contributed by atoms with van der Waals surface area (Å²) in [6, 6.07) is 13.8. The second kappa shape index (κ2) is 12.7. The Morgan fingerprint density at radius 3 is 2.13 bits per heavy atom. The number of hydrogen-bond donors (Lipinski definition) is 2. The van der Waals surface area contributed by atoms with E-state index in [0.29, 0.717) is 5.69 Å². The summed E-state index contributed by atoms with van der Waals surface area (Å²) in [5.41, 5.74) is 1.59. The van der Waals surface area contributed by atoms with Gasteiger partial charge in [-0.05, 0) is 55.3 Å². The minimum atomic E-state index is -4.31. The monoisotopic (exact) mass is 576 g/mol. The number of benzene rings is 3. The third-order valence-electron chi connectivity index (χ3n) is 5.69. The quantitative estimate of drug-likeness (QED) is 0.308. The Morgan fingerprint density at radius 2 is 1.54 bits per heavy atom. The van der Waals surface area contributed by atoms with Crippen molar-refractivity contribution in [2.45, 2.75) is 31.3 Å². The van der Waals surface area contributed by atoms with Gasteiger partial charge < -0.3 is 24.3 Å². The van der Waals surface area contributed by atoms with Crippen LogP contribution in [0, 0.1) is 0 Å². The molecule has 39 heavy (non-hydrogen) atoms. The fourth-order valence-electron chi connectivity index (χ4n) is 3.50. The summed E-state index contributed by atoms with van der Waals surface area (Å²) in [6.07, 6.45) is -0.298. The molecule has 0 aliphatic carbocycles. The summed E-state index contributed by atoms with van der Waals surface area (Å²) in [5, 5.41) is 2.83. The van der Waals surface area contributed by atoms with Crippen molar-refractivity contribution in [3.05, 3.63) is 70.7 Å². The molecule has 0 radical (unpaired) electrons. The van der Waals surface area contributed by atoms with Crippen LogP contribution in [0.5, 0.6) is 17.2 Å². The molecule has 0 saturated carbocycles. The van der Waals surface area contributed by atoms with Crippen LogP contribution in [-0.2, 0) is 26.0 Å². The second-order valence-electron chi connectivity index (χ2n) is 8.25. The summed E-state index contributed by atoms with van der Waals surface area (Å²) in [7, 11) is -0.258. The number of hydrogen-bond acceptors (Lipinski definition) is 8. The lowest BCUT2D eigenvalue weighted by molar-refractivity contribution is -0.123. The molecule has 0 bridgehead atoms. The third kappa shape index (κ3) is 7.12. The molecule has 3 aromatic carbocycles. The maximum Gasteiger partial charge on any atom is 0.338 e. The maximum absolute atomic E-state index is 13.3. The molecular formula is C27H29ClN2O8S. The summed E-state index contributed by atoms with van der Waals surface area (Å²) in [5.74, 6) is -1.03. The Hall–Kier alpha value is -3.96.